The molecule has 1 aromatic carbocycles. The van der Waals surface area contributed by atoms with E-state index in [1.165, 1.54) is 17.0 Å². The van der Waals surface area contributed by atoms with E-state index in [4.69, 9.17) is 10.5 Å². The predicted octanol–water partition coefficient (Wildman–Crippen LogP) is 3.79. The van der Waals surface area contributed by atoms with Crippen molar-refractivity contribution in [3.63, 3.8) is 0 Å². The summed E-state index contributed by atoms with van der Waals surface area (Å²) in [4.78, 5) is 28.1. The van der Waals surface area contributed by atoms with Gasteiger partial charge < -0.3 is 31.0 Å². The van der Waals surface area contributed by atoms with Crippen LogP contribution in [0.5, 0.6) is 5.75 Å². The summed E-state index contributed by atoms with van der Waals surface area (Å²) < 4.78 is 20.6. The first kappa shape index (κ1) is 28.4. The van der Waals surface area contributed by atoms with Gasteiger partial charge in [0.15, 0.2) is 0 Å². The zero-order chi connectivity index (χ0) is 27.1. The summed E-state index contributed by atoms with van der Waals surface area (Å²) in [6, 6.07) is 4.51. The van der Waals surface area contributed by atoms with Crippen LogP contribution in [0.4, 0.5) is 9.18 Å². The lowest BCUT2D eigenvalue weighted by molar-refractivity contribution is -0.132. The molecular formula is C27H38FN6O3-. The first-order valence-corrected chi connectivity index (χ1v) is 13.1. The van der Waals surface area contributed by atoms with E-state index < -0.39 is 23.8 Å². The average Bonchev–Trinajstić information content (AvgIpc) is 3.37. The Bertz CT molecular complexity index is 1020. The molecule has 2 aliphatic heterocycles. The standard InChI is InChI=1S/C27H38FN6O3/c1-17(2)25(31)32-27(36)33-12-8-19(9-13-33)18(3)10-14-37-21-6-7-22(23(28)15-21)24(30)26(35)34-11-4-5-20(34)16-29/h6-7,15,17-20,24H,4-5,8-14,30H2,1-3H3,(H-,31,32,36)/q-1/t18-,20+,24+/m1/s1. The normalized spacial score (nSPS) is 19.9. The van der Waals surface area contributed by atoms with Gasteiger partial charge in [0.25, 0.3) is 0 Å². The number of nitrogens with one attached hydrogen (secondary N) is 1. The number of halogens is 1. The highest BCUT2D eigenvalue weighted by Crippen LogP contribution is 2.29. The van der Waals surface area contributed by atoms with Crippen molar-refractivity contribution in [2.45, 2.75) is 65.0 Å². The maximum atomic E-state index is 14.8. The Labute approximate surface area is 218 Å². The molecule has 2 saturated heterocycles. The molecule has 202 valence electrons. The third-order valence-corrected chi connectivity index (χ3v) is 7.51. The molecule has 0 saturated carbocycles. The monoisotopic (exact) mass is 513 g/mol. The van der Waals surface area contributed by atoms with E-state index in [0.717, 1.165) is 25.7 Å². The van der Waals surface area contributed by atoms with Crippen molar-refractivity contribution in [3.05, 3.63) is 35.0 Å². The summed E-state index contributed by atoms with van der Waals surface area (Å²) in [6.45, 7) is 7.91. The minimum absolute atomic E-state index is 0.0186. The Morgan fingerprint density at radius 1 is 1.24 bits per heavy atom. The first-order chi connectivity index (χ1) is 17.6. The smallest absolute Gasteiger partial charge is 0.245 e. The number of hydrogen-bond donors (Lipinski definition) is 2. The number of amides is 3. The molecule has 0 bridgehead atoms. The maximum Gasteiger partial charge on any atom is 0.245 e. The molecule has 3 rings (SSSR count). The van der Waals surface area contributed by atoms with Crippen molar-refractivity contribution in [3.8, 4) is 11.8 Å². The van der Waals surface area contributed by atoms with Crippen molar-refractivity contribution >= 4 is 17.8 Å². The summed E-state index contributed by atoms with van der Waals surface area (Å²) >= 11 is 0. The van der Waals surface area contributed by atoms with Gasteiger partial charge in [0, 0.05) is 31.3 Å². The Kier molecular flexibility index (Phi) is 9.86. The summed E-state index contributed by atoms with van der Waals surface area (Å²) in [5, 5.41) is 21.6. The van der Waals surface area contributed by atoms with Crippen LogP contribution >= 0.6 is 0 Å². The lowest BCUT2D eigenvalue weighted by atomic mass is 9.84. The van der Waals surface area contributed by atoms with Crippen LogP contribution in [0.3, 0.4) is 0 Å². The van der Waals surface area contributed by atoms with Gasteiger partial charge in [-0.3, -0.25) is 9.59 Å². The van der Waals surface area contributed by atoms with Crippen molar-refractivity contribution in [2.24, 2.45) is 23.5 Å². The third-order valence-electron chi connectivity index (χ3n) is 7.51. The van der Waals surface area contributed by atoms with E-state index >= 15 is 0 Å². The van der Waals surface area contributed by atoms with E-state index in [0.29, 0.717) is 50.2 Å². The van der Waals surface area contributed by atoms with Gasteiger partial charge in [-0.05, 0) is 55.9 Å². The molecule has 3 amide bonds. The van der Waals surface area contributed by atoms with Gasteiger partial charge in [0.05, 0.1) is 12.7 Å². The van der Waals surface area contributed by atoms with E-state index in [2.05, 4.69) is 18.3 Å². The Balaban J connectivity index is 1.44. The van der Waals surface area contributed by atoms with Gasteiger partial charge in [0.2, 0.25) is 11.9 Å². The zero-order valence-electron chi connectivity index (χ0n) is 22.0. The zero-order valence-corrected chi connectivity index (χ0v) is 22.0. The number of nitrogens with two attached hydrogens (primary N) is 1. The number of carbonyl (C=O) groups excluding carboxylic acids is 2. The molecule has 0 spiro atoms. The fraction of sp³-hybridized carbons (Fsp3) is 0.630. The van der Waals surface area contributed by atoms with Crippen LogP contribution in [0.2, 0.25) is 0 Å². The molecule has 37 heavy (non-hydrogen) atoms. The van der Waals surface area contributed by atoms with Crippen LogP contribution in [0.1, 0.15) is 64.5 Å². The highest BCUT2D eigenvalue weighted by atomic mass is 19.1. The number of ether oxygens (including phenoxy) is 1. The number of amidine groups is 1. The number of hydrogen-bond acceptors (Lipinski definition) is 5. The maximum absolute atomic E-state index is 14.8. The summed E-state index contributed by atoms with van der Waals surface area (Å²) in [5.74, 6) is -0.00976. The quantitative estimate of drug-likeness (QED) is 0.403. The van der Waals surface area contributed by atoms with Crippen LogP contribution in [-0.2, 0) is 4.79 Å². The van der Waals surface area contributed by atoms with Crippen LogP contribution in [0, 0.1) is 34.9 Å². The van der Waals surface area contributed by atoms with Crippen molar-refractivity contribution in [1.82, 2.24) is 15.1 Å². The number of benzene rings is 1. The third kappa shape index (κ3) is 7.19. The van der Waals surface area contributed by atoms with Crippen molar-refractivity contribution in [1.29, 1.82) is 5.26 Å². The highest BCUT2D eigenvalue weighted by Gasteiger charge is 2.33. The number of piperidine rings is 1. The summed E-state index contributed by atoms with van der Waals surface area (Å²) in [6.07, 6.45) is 3.87. The summed E-state index contributed by atoms with van der Waals surface area (Å²) in [5.41, 5.74) is 6.14. The lowest BCUT2D eigenvalue weighted by Crippen LogP contribution is -2.47. The molecule has 9 nitrogen and oxygen atoms in total. The molecule has 2 heterocycles. The van der Waals surface area contributed by atoms with E-state index in [9.17, 15) is 24.7 Å². The number of rotatable bonds is 8. The molecule has 10 heteroatoms. The first-order valence-electron chi connectivity index (χ1n) is 13.1. The van der Waals surface area contributed by atoms with Crippen LogP contribution in [0.15, 0.2) is 18.2 Å². The Morgan fingerprint density at radius 3 is 2.57 bits per heavy atom. The minimum Gasteiger partial charge on any atom is -0.493 e. The molecule has 0 radical (unpaired) electrons. The molecule has 0 aliphatic carbocycles. The minimum atomic E-state index is -1.16. The highest BCUT2D eigenvalue weighted by molar-refractivity contribution is 6.00. The van der Waals surface area contributed by atoms with Crippen molar-refractivity contribution in [2.75, 3.05) is 26.2 Å². The molecular weight excluding hydrogens is 475 g/mol. The molecule has 3 atom stereocenters. The van der Waals surface area contributed by atoms with Gasteiger partial charge in [-0.1, -0.05) is 32.7 Å². The van der Waals surface area contributed by atoms with Crippen LogP contribution in [0.25, 0.3) is 5.41 Å². The molecule has 2 aliphatic rings. The van der Waals surface area contributed by atoms with E-state index in [1.54, 1.807) is 11.0 Å². The number of likely N-dealkylation sites (tertiary alicyclic amines) is 2. The van der Waals surface area contributed by atoms with Crippen LogP contribution < -0.4 is 15.8 Å². The SMILES string of the molecule is CC(C)C(=[N-])NC(=O)N1CCC([C@H](C)CCOc2ccc([C@H](N)C(=O)N3CCC[C@H]3C#N)c(F)c2)CC1. The lowest BCUT2D eigenvalue weighted by Gasteiger charge is -2.37. The second-order valence-corrected chi connectivity index (χ2v) is 10.4. The number of nitrogens with zero attached hydrogens (tertiary/aromatic N) is 4. The molecule has 2 fully saturated rings. The molecule has 0 unspecified atom stereocenters. The number of urea groups is 1. The van der Waals surface area contributed by atoms with Crippen LogP contribution in [-0.4, -0.2) is 59.9 Å². The number of carbonyl (C=O) groups is 2. The largest absolute Gasteiger partial charge is 0.493 e. The van der Waals surface area contributed by atoms with Gasteiger partial charge in [-0.25, -0.2) is 4.39 Å². The van der Waals surface area contributed by atoms with Gasteiger partial charge in [-0.2, -0.15) is 5.26 Å². The average molecular weight is 514 g/mol. The van der Waals surface area contributed by atoms with Gasteiger partial charge in [-0.15, -0.1) is 0 Å². The Hall–Kier alpha value is -3.19. The van der Waals surface area contributed by atoms with Crippen molar-refractivity contribution < 1.29 is 18.7 Å². The Morgan fingerprint density at radius 2 is 1.95 bits per heavy atom. The second-order valence-electron chi connectivity index (χ2n) is 10.4. The van der Waals surface area contributed by atoms with E-state index in [1.807, 2.05) is 13.8 Å². The molecule has 0 aromatic heterocycles. The molecule has 1 aromatic rings. The van der Waals surface area contributed by atoms with E-state index in [-0.39, 0.29) is 23.3 Å². The fourth-order valence-corrected chi connectivity index (χ4v) is 4.93. The predicted molar refractivity (Wildman–Crippen MR) is 139 cm³/mol. The topological polar surface area (TPSA) is 134 Å². The number of nitriles is 1. The molecule has 3 N–H and O–H groups in total. The fourth-order valence-electron chi connectivity index (χ4n) is 4.93. The van der Waals surface area contributed by atoms with Gasteiger partial charge >= 0.3 is 0 Å². The summed E-state index contributed by atoms with van der Waals surface area (Å²) in [7, 11) is 0. The van der Waals surface area contributed by atoms with Gasteiger partial charge in [0.1, 0.15) is 23.7 Å². The second kappa shape index (κ2) is 12.9.